The molecule has 8 nitrogen and oxygen atoms in total. The second-order valence-electron chi connectivity index (χ2n) is 6.97. The Labute approximate surface area is 177 Å². The summed E-state index contributed by atoms with van der Waals surface area (Å²) >= 11 is 0. The molecule has 2 aromatic rings. The first-order chi connectivity index (χ1) is 14.6. The highest BCUT2D eigenvalue weighted by Crippen LogP contribution is 2.38. The summed E-state index contributed by atoms with van der Waals surface area (Å²) < 4.78 is 78.8. The van der Waals surface area contributed by atoms with Crippen LogP contribution in [0.2, 0.25) is 0 Å². The Morgan fingerprint density at radius 1 is 1.06 bits per heavy atom. The number of halogens is 6. The zero-order chi connectivity index (χ0) is 24.4. The number of carbonyl (C=O) groups excluding carboxylic acids is 2. The van der Waals surface area contributed by atoms with E-state index in [1.54, 1.807) is 13.8 Å². The van der Waals surface area contributed by atoms with E-state index in [1.807, 2.05) is 0 Å². The topological polar surface area (TPSA) is 120 Å². The fourth-order valence-corrected chi connectivity index (χ4v) is 2.34. The largest absolute Gasteiger partial charge is 0.416 e. The molecule has 1 heterocycles. The number of aromatic nitrogens is 3. The van der Waals surface area contributed by atoms with Crippen LogP contribution in [0.15, 0.2) is 30.6 Å². The number of hydrogen-bond acceptors (Lipinski definition) is 6. The van der Waals surface area contributed by atoms with Crippen LogP contribution >= 0.6 is 0 Å². The van der Waals surface area contributed by atoms with E-state index in [2.05, 4.69) is 10.1 Å². The van der Waals surface area contributed by atoms with E-state index in [9.17, 15) is 35.9 Å². The molecule has 0 aliphatic rings. The summed E-state index contributed by atoms with van der Waals surface area (Å²) in [4.78, 5) is 27.6. The van der Waals surface area contributed by atoms with Gasteiger partial charge in [-0.25, -0.2) is 20.5 Å². The van der Waals surface area contributed by atoms with Crippen molar-refractivity contribution in [2.24, 2.45) is 17.5 Å². The quantitative estimate of drug-likeness (QED) is 0.231. The minimum atomic E-state index is -5.03. The second kappa shape index (κ2) is 9.08. The van der Waals surface area contributed by atoms with Gasteiger partial charge in [-0.2, -0.15) is 26.3 Å². The highest BCUT2D eigenvalue weighted by atomic mass is 19.4. The molecule has 0 bridgehead atoms. The van der Waals surface area contributed by atoms with Gasteiger partial charge in [-0.3, -0.25) is 9.59 Å². The number of nitrogens with zero attached hydrogens (tertiary/aromatic N) is 4. The number of carbonyl (C=O) groups is 2. The van der Waals surface area contributed by atoms with E-state index in [-0.39, 0.29) is 17.0 Å². The van der Waals surface area contributed by atoms with Gasteiger partial charge in [-0.05, 0) is 24.1 Å². The Hall–Kier alpha value is -3.26. The van der Waals surface area contributed by atoms with Gasteiger partial charge >= 0.3 is 12.4 Å². The maximum absolute atomic E-state index is 13.0. The summed E-state index contributed by atoms with van der Waals surface area (Å²) in [7, 11) is 0. The number of alkyl halides is 6. The Kier molecular flexibility index (Phi) is 7.09. The Balaban J connectivity index is 2.29. The summed E-state index contributed by atoms with van der Waals surface area (Å²) in [6, 6.07) is -0.109. The van der Waals surface area contributed by atoms with E-state index >= 15 is 0 Å². The lowest BCUT2D eigenvalue weighted by atomic mass is 10.0. The number of rotatable bonds is 5. The first-order valence-corrected chi connectivity index (χ1v) is 8.88. The number of hydrogen-bond donors (Lipinski definition) is 2. The predicted octanol–water partition coefficient (Wildman–Crippen LogP) is 2.67. The molecule has 1 aromatic heterocycles. The van der Waals surface area contributed by atoms with Crippen molar-refractivity contribution < 1.29 is 35.9 Å². The van der Waals surface area contributed by atoms with Crippen molar-refractivity contribution in [1.82, 2.24) is 19.8 Å². The summed E-state index contributed by atoms with van der Waals surface area (Å²) in [5.41, 5.74) is 2.04. The Morgan fingerprint density at radius 3 is 2.06 bits per heavy atom. The van der Waals surface area contributed by atoms with Crippen LogP contribution in [0.1, 0.15) is 25.0 Å². The molecule has 0 fully saturated rings. The molecule has 0 aliphatic heterocycles. The fourth-order valence-electron chi connectivity index (χ4n) is 2.34. The summed E-state index contributed by atoms with van der Waals surface area (Å²) in [6.07, 6.45) is -7.35. The zero-order valence-electron chi connectivity index (χ0n) is 16.6. The van der Waals surface area contributed by atoms with Crippen LogP contribution in [0.5, 0.6) is 0 Å². The summed E-state index contributed by atoms with van der Waals surface area (Å²) in [6.45, 7) is 3.29. The molecule has 2 amide bonds. The molecule has 0 radical (unpaired) electrons. The van der Waals surface area contributed by atoms with Crippen molar-refractivity contribution in [3.8, 4) is 11.4 Å². The molecule has 174 valence electrons. The summed E-state index contributed by atoms with van der Waals surface area (Å²) in [5, 5.41) is 4.01. The minimum Gasteiger partial charge on any atom is -0.320 e. The van der Waals surface area contributed by atoms with Crippen molar-refractivity contribution in [1.29, 1.82) is 0 Å². The highest BCUT2D eigenvalue weighted by Gasteiger charge is 2.37. The fraction of sp³-hybridized carbons (Fsp3) is 0.333. The maximum atomic E-state index is 13.0. The monoisotopic (exact) mass is 464 g/mol. The van der Waals surface area contributed by atoms with E-state index in [4.69, 9.17) is 11.6 Å². The Morgan fingerprint density at radius 2 is 1.59 bits per heavy atom. The summed E-state index contributed by atoms with van der Waals surface area (Å²) in [5.74, 6) is 2.83. The molecular weight excluding hydrogens is 446 g/mol. The number of amides is 2. The van der Waals surface area contributed by atoms with Crippen molar-refractivity contribution >= 4 is 18.0 Å². The lowest BCUT2D eigenvalue weighted by Gasteiger charge is -2.20. The van der Waals surface area contributed by atoms with Crippen LogP contribution in [-0.2, 0) is 21.9 Å². The van der Waals surface area contributed by atoms with Gasteiger partial charge in [0.1, 0.15) is 6.33 Å². The molecule has 2 rings (SSSR count). The van der Waals surface area contributed by atoms with Crippen molar-refractivity contribution in [3.05, 3.63) is 41.7 Å². The van der Waals surface area contributed by atoms with Gasteiger partial charge in [0, 0.05) is 17.8 Å². The van der Waals surface area contributed by atoms with E-state index in [0.717, 1.165) is 23.3 Å². The third-order valence-electron chi connectivity index (χ3n) is 4.20. The van der Waals surface area contributed by atoms with Gasteiger partial charge in [0.05, 0.1) is 17.2 Å². The van der Waals surface area contributed by atoms with Gasteiger partial charge in [0.2, 0.25) is 0 Å². The average Bonchev–Trinajstić information content (AvgIpc) is 3.17. The molecular formula is C18H18F6N6O2. The lowest BCUT2D eigenvalue weighted by Crippen LogP contribution is -2.52. The molecule has 32 heavy (non-hydrogen) atoms. The maximum Gasteiger partial charge on any atom is 0.416 e. The van der Waals surface area contributed by atoms with Gasteiger partial charge in [-0.15, -0.1) is 5.10 Å². The smallest absolute Gasteiger partial charge is 0.320 e. The predicted molar refractivity (Wildman–Crippen MR) is 99.6 cm³/mol. The molecule has 1 unspecified atom stereocenters. The van der Waals surface area contributed by atoms with Crippen LogP contribution in [-0.4, -0.2) is 37.6 Å². The first kappa shape index (κ1) is 25.0. The van der Waals surface area contributed by atoms with Crippen molar-refractivity contribution in [2.75, 3.05) is 0 Å². The Bertz CT molecular complexity index is 995. The SMILES string of the molecule is CC(C)C(N)C(=O)N(N)C(=O)C=Cn1cnc(-c2cc(C(F)(F)F)cc(C(F)(F)F)c2)n1. The third kappa shape index (κ3) is 5.91. The standard InChI is InChI=1S/C18H18F6N6O2/c1-9(2)14(25)16(32)30(26)13(31)3-4-29-8-27-15(28-29)10-5-11(17(19,20)21)7-12(6-10)18(22,23)24/h3-9,14H,25-26H2,1-2H3. The third-order valence-corrected chi connectivity index (χ3v) is 4.20. The van der Waals surface area contributed by atoms with Crippen LogP contribution in [0.25, 0.3) is 17.6 Å². The number of imide groups is 1. The first-order valence-electron chi connectivity index (χ1n) is 8.88. The van der Waals surface area contributed by atoms with Gasteiger partial charge in [-0.1, -0.05) is 13.8 Å². The van der Waals surface area contributed by atoms with E-state index in [1.165, 1.54) is 0 Å². The van der Waals surface area contributed by atoms with Crippen LogP contribution in [0.4, 0.5) is 26.3 Å². The van der Waals surface area contributed by atoms with Crippen molar-refractivity contribution in [2.45, 2.75) is 32.2 Å². The second-order valence-corrected chi connectivity index (χ2v) is 6.97. The van der Waals surface area contributed by atoms with E-state index in [0.29, 0.717) is 12.1 Å². The number of hydrazine groups is 1. The highest BCUT2D eigenvalue weighted by molar-refractivity contribution is 6.03. The van der Waals surface area contributed by atoms with Crippen LogP contribution < -0.4 is 11.6 Å². The van der Waals surface area contributed by atoms with Gasteiger partial charge in [0.25, 0.3) is 11.8 Å². The molecule has 14 heteroatoms. The van der Waals surface area contributed by atoms with E-state index < -0.39 is 52.7 Å². The number of nitrogens with two attached hydrogens (primary N) is 2. The minimum absolute atomic E-state index is 0.0201. The number of benzene rings is 1. The average molecular weight is 464 g/mol. The molecule has 0 saturated heterocycles. The van der Waals surface area contributed by atoms with Crippen LogP contribution in [0, 0.1) is 5.92 Å². The van der Waals surface area contributed by atoms with Crippen LogP contribution in [0.3, 0.4) is 0 Å². The molecule has 0 spiro atoms. The molecule has 0 saturated carbocycles. The molecule has 1 aromatic carbocycles. The lowest BCUT2D eigenvalue weighted by molar-refractivity contribution is -0.145. The molecule has 4 N–H and O–H groups in total. The van der Waals surface area contributed by atoms with Crippen molar-refractivity contribution in [3.63, 3.8) is 0 Å². The molecule has 1 atom stereocenters. The molecule has 0 aliphatic carbocycles. The normalized spacial score (nSPS) is 13.6. The van der Waals surface area contributed by atoms with Gasteiger partial charge < -0.3 is 5.73 Å². The van der Waals surface area contributed by atoms with Gasteiger partial charge in [0.15, 0.2) is 5.82 Å². The zero-order valence-corrected chi connectivity index (χ0v) is 16.6.